The number of aryl methyl sites for hydroxylation is 1. The molecule has 1 aromatic carbocycles. The van der Waals surface area contributed by atoms with E-state index >= 15 is 0 Å². The lowest BCUT2D eigenvalue weighted by Crippen LogP contribution is -2.42. The molecule has 1 saturated heterocycles. The first-order valence-electron chi connectivity index (χ1n) is 6.63. The maximum atomic E-state index is 12.5. The molecule has 1 amide bonds. The van der Waals surface area contributed by atoms with Gasteiger partial charge in [0.15, 0.2) is 0 Å². The van der Waals surface area contributed by atoms with Gasteiger partial charge in [0.05, 0.1) is 5.56 Å². The SMILES string of the molecule is Cc1cccc(C(=O)N2CC(C)CC(C)C2)c1N. The Hall–Kier alpha value is -1.51. The molecular weight excluding hydrogens is 224 g/mol. The smallest absolute Gasteiger partial charge is 0.255 e. The highest BCUT2D eigenvalue weighted by Gasteiger charge is 2.27. The molecule has 1 aliphatic heterocycles. The van der Waals surface area contributed by atoms with Crippen LogP contribution in [0.2, 0.25) is 0 Å². The van der Waals surface area contributed by atoms with Crippen molar-refractivity contribution >= 4 is 11.6 Å². The molecule has 2 unspecified atom stereocenters. The number of hydrogen-bond acceptors (Lipinski definition) is 2. The van der Waals surface area contributed by atoms with Crippen molar-refractivity contribution in [2.75, 3.05) is 18.8 Å². The monoisotopic (exact) mass is 246 g/mol. The van der Waals surface area contributed by atoms with E-state index in [1.165, 1.54) is 6.42 Å². The summed E-state index contributed by atoms with van der Waals surface area (Å²) in [6.45, 7) is 8.03. The highest BCUT2D eigenvalue weighted by atomic mass is 16.2. The van der Waals surface area contributed by atoms with Crippen LogP contribution in [-0.4, -0.2) is 23.9 Å². The summed E-state index contributed by atoms with van der Waals surface area (Å²) in [5.74, 6) is 1.22. The molecule has 0 aromatic heterocycles. The van der Waals surface area contributed by atoms with E-state index in [0.29, 0.717) is 23.1 Å². The molecule has 0 bridgehead atoms. The van der Waals surface area contributed by atoms with Gasteiger partial charge in [-0.3, -0.25) is 4.79 Å². The molecule has 18 heavy (non-hydrogen) atoms. The van der Waals surface area contributed by atoms with Crippen LogP contribution in [0.3, 0.4) is 0 Å². The largest absolute Gasteiger partial charge is 0.398 e. The summed E-state index contributed by atoms with van der Waals surface area (Å²) in [5, 5.41) is 0. The summed E-state index contributed by atoms with van der Waals surface area (Å²) >= 11 is 0. The van der Waals surface area contributed by atoms with E-state index in [0.717, 1.165) is 18.7 Å². The summed E-state index contributed by atoms with van der Waals surface area (Å²) in [6, 6.07) is 5.66. The zero-order chi connectivity index (χ0) is 13.3. The average Bonchev–Trinajstić information content (AvgIpc) is 2.30. The van der Waals surface area contributed by atoms with E-state index in [9.17, 15) is 4.79 Å². The Balaban J connectivity index is 2.23. The number of benzene rings is 1. The van der Waals surface area contributed by atoms with Crippen LogP contribution >= 0.6 is 0 Å². The van der Waals surface area contributed by atoms with Crippen molar-refractivity contribution in [3.05, 3.63) is 29.3 Å². The molecule has 0 saturated carbocycles. The fraction of sp³-hybridized carbons (Fsp3) is 0.533. The summed E-state index contributed by atoms with van der Waals surface area (Å²) in [7, 11) is 0. The lowest BCUT2D eigenvalue weighted by molar-refractivity contribution is 0.0624. The molecule has 0 spiro atoms. The van der Waals surface area contributed by atoms with Crippen molar-refractivity contribution in [3.8, 4) is 0 Å². The van der Waals surface area contributed by atoms with E-state index in [-0.39, 0.29) is 5.91 Å². The topological polar surface area (TPSA) is 46.3 Å². The lowest BCUT2D eigenvalue weighted by atomic mass is 9.91. The van der Waals surface area contributed by atoms with Crippen LogP contribution < -0.4 is 5.73 Å². The van der Waals surface area contributed by atoms with Crippen molar-refractivity contribution in [1.29, 1.82) is 0 Å². The number of nitrogens with two attached hydrogens (primary N) is 1. The molecule has 1 aromatic rings. The normalized spacial score (nSPS) is 24.1. The molecule has 0 aliphatic carbocycles. The predicted octanol–water partition coefficient (Wildman–Crippen LogP) is 2.70. The molecule has 98 valence electrons. The summed E-state index contributed by atoms with van der Waals surface area (Å²) < 4.78 is 0. The summed E-state index contributed by atoms with van der Waals surface area (Å²) in [5.41, 5.74) is 8.25. The minimum Gasteiger partial charge on any atom is -0.398 e. The number of para-hydroxylation sites is 1. The van der Waals surface area contributed by atoms with Gasteiger partial charge in [0.25, 0.3) is 5.91 Å². The minimum atomic E-state index is 0.0783. The van der Waals surface area contributed by atoms with Gasteiger partial charge in [0.2, 0.25) is 0 Å². The number of carbonyl (C=O) groups excluding carboxylic acids is 1. The number of nitrogens with zero attached hydrogens (tertiary/aromatic N) is 1. The first-order chi connectivity index (χ1) is 8.49. The quantitative estimate of drug-likeness (QED) is 0.774. The number of anilines is 1. The Morgan fingerprint density at radius 3 is 2.50 bits per heavy atom. The Labute approximate surface area is 109 Å². The third-order valence-corrected chi connectivity index (χ3v) is 3.71. The Morgan fingerprint density at radius 2 is 1.89 bits per heavy atom. The van der Waals surface area contributed by atoms with Gasteiger partial charge >= 0.3 is 0 Å². The fourth-order valence-electron chi connectivity index (χ4n) is 2.87. The second-order valence-corrected chi connectivity index (χ2v) is 5.69. The molecule has 1 heterocycles. The van der Waals surface area contributed by atoms with Crippen LogP contribution in [0.25, 0.3) is 0 Å². The summed E-state index contributed by atoms with van der Waals surface area (Å²) in [4.78, 5) is 14.5. The van der Waals surface area contributed by atoms with E-state index in [2.05, 4.69) is 13.8 Å². The number of likely N-dealkylation sites (tertiary alicyclic amines) is 1. The number of carbonyl (C=O) groups is 1. The van der Waals surface area contributed by atoms with E-state index in [1.54, 1.807) is 0 Å². The fourth-order valence-corrected chi connectivity index (χ4v) is 2.87. The standard InChI is InChI=1S/C15H22N2O/c1-10-7-11(2)9-17(8-10)15(18)13-6-4-5-12(3)14(13)16/h4-6,10-11H,7-9,16H2,1-3H3. The number of piperidine rings is 1. The van der Waals surface area contributed by atoms with Gasteiger partial charge in [0, 0.05) is 18.8 Å². The molecule has 1 fully saturated rings. The van der Waals surface area contributed by atoms with Gasteiger partial charge in [0.1, 0.15) is 0 Å². The maximum absolute atomic E-state index is 12.5. The van der Waals surface area contributed by atoms with Crippen LogP contribution in [0.1, 0.15) is 36.2 Å². The van der Waals surface area contributed by atoms with Crippen molar-refractivity contribution in [2.45, 2.75) is 27.2 Å². The lowest BCUT2D eigenvalue weighted by Gasteiger charge is -2.35. The zero-order valence-corrected chi connectivity index (χ0v) is 11.4. The first-order valence-corrected chi connectivity index (χ1v) is 6.63. The van der Waals surface area contributed by atoms with Gasteiger partial charge in [-0.2, -0.15) is 0 Å². The number of rotatable bonds is 1. The van der Waals surface area contributed by atoms with E-state index in [1.807, 2.05) is 30.0 Å². The minimum absolute atomic E-state index is 0.0783. The summed E-state index contributed by atoms with van der Waals surface area (Å²) in [6.07, 6.45) is 1.20. The molecule has 1 aliphatic rings. The van der Waals surface area contributed by atoms with Crippen LogP contribution in [-0.2, 0) is 0 Å². The number of hydrogen-bond donors (Lipinski definition) is 1. The molecular formula is C15H22N2O. The third-order valence-electron chi connectivity index (χ3n) is 3.71. The molecule has 2 atom stereocenters. The highest BCUT2D eigenvalue weighted by Crippen LogP contribution is 2.25. The zero-order valence-electron chi connectivity index (χ0n) is 11.4. The molecule has 2 N–H and O–H groups in total. The molecule has 0 radical (unpaired) electrons. The van der Waals surface area contributed by atoms with Crippen LogP contribution in [0, 0.1) is 18.8 Å². The van der Waals surface area contributed by atoms with Crippen LogP contribution in [0.5, 0.6) is 0 Å². The molecule has 2 rings (SSSR count). The second-order valence-electron chi connectivity index (χ2n) is 5.69. The van der Waals surface area contributed by atoms with Crippen molar-refractivity contribution in [1.82, 2.24) is 4.90 Å². The van der Waals surface area contributed by atoms with Crippen molar-refractivity contribution in [2.24, 2.45) is 11.8 Å². The van der Waals surface area contributed by atoms with E-state index in [4.69, 9.17) is 5.73 Å². The van der Waals surface area contributed by atoms with Gasteiger partial charge in [-0.25, -0.2) is 0 Å². The maximum Gasteiger partial charge on any atom is 0.255 e. The highest BCUT2D eigenvalue weighted by molar-refractivity contribution is 5.99. The van der Waals surface area contributed by atoms with Gasteiger partial charge in [-0.15, -0.1) is 0 Å². The molecule has 3 heteroatoms. The Kier molecular flexibility index (Phi) is 3.60. The molecule has 3 nitrogen and oxygen atoms in total. The predicted molar refractivity (Wildman–Crippen MR) is 74.4 cm³/mol. The van der Waals surface area contributed by atoms with Gasteiger partial charge in [-0.1, -0.05) is 26.0 Å². The third kappa shape index (κ3) is 2.50. The first kappa shape index (κ1) is 12.9. The number of amides is 1. The Morgan fingerprint density at radius 1 is 1.28 bits per heavy atom. The van der Waals surface area contributed by atoms with Crippen molar-refractivity contribution < 1.29 is 4.79 Å². The van der Waals surface area contributed by atoms with Crippen LogP contribution in [0.15, 0.2) is 18.2 Å². The van der Waals surface area contributed by atoms with Gasteiger partial charge < -0.3 is 10.6 Å². The average molecular weight is 246 g/mol. The number of nitrogen functional groups attached to an aromatic ring is 1. The Bertz CT molecular complexity index is 446. The van der Waals surface area contributed by atoms with Gasteiger partial charge in [-0.05, 0) is 36.8 Å². The van der Waals surface area contributed by atoms with Crippen molar-refractivity contribution in [3.63, 3.8) is 0 Å². The van der Waals surface area contributed by atoms with E-state index < -0.39 is 0 Å². The van der Waals surface area contributed by atoms with Crippen LogP contribution in [0.4, 0.5) is 5.69 Å². The second kappa shape index (κ2) is 5.01.